The molecular weight excluding hydrogens is 427 g/mol. The Hall–Kier alpha value is -4.16. The SMILES string of the molecule is COc1ccc([N+](=O)[O-])c(NC(=O)COC(=O)c2ccc(NC(=O)C(F)(F)F)cc2)c1. The summed E-state index contributed by atoms with van der Waals surface area (Å²) in [6.07, 6.45) is -5.07. The first-order chi connectivity index (χ1) is 14.5. The molecule has 0 heterocycles. The zero-order valence-corrected chi connectivity index (χ0v) is 15.7. The zero-order valence-electron chi connectivity index (χ0n) is 15.7. The predicted octanol–water partition coefficient (Wildman–Crippen LogP) is 2.90. The van der Waals surface area contributed by atoms with Crippen LogP contribution in [0.2, 0.25) is 0 Å². The van der Waals surface area contributed by atoms with Crippen molar-refractivity contribution < 1.29 is 42.0 Å². The van der Waals surface area contributed by atoms with Crippen LogP contribution in [0.3, 0.4) is 0 Å². The number of nitrogens with zero attached hydrogens (tertiary/aromatic N) is 1. The number of carbonyl (C=O) groups excluding carboxylic acids is 3. The number of hydrogen-bond donors (Lipinski definition) is 2. The van der Waals surface area contributed by atoms with Crippen LogP contribution in [0, 0.1) is 10.1 Å². The summed E-state index contributed by atoms with van der Waals surface area (Å²) in [5.74, 6) is -3.79. The molecule has 2 aromatic carbocycles. The van der Waals surface area contributed by atoms with Gasteiger partial charge in [0.05, 0.1) is 17.6 Å². The lowest BCUT2D eigenvalue weighted by atomic mass is 10.2. The molecule has 0 saturated heterocycles. The standard InChI is InChI=1S/C18H14F3N3O7/c1-30-12-6-7-14(24(28)29)13(8-12)23-15(25)9-31-16(26)10-2-4-11(5-3-10)22-17(27)18(19,20)21/h2-8H,9H2,1H3,(H,22,27)(H,23,25). The third kappa shape index (κ3) is 6.42. The summed E-state index contributed by atoms with van der Waals surface area (Å²) in [7, 11) is 1.33. The van der Waals surface area contributed by atoms with Crippen LogP contribution in [0.15, 0.2) is 42.5 Å². The van der Waals surface area contributed by atoms with Crippen molar-refractivity contribution in [1.29, 1.82) is 0 Å². The Morgan fingerprint density at radius 3 is 2.26 bits per heavy atom. The molecule has 0 aromatic heterocycles. The summed E-state index contributed by atoms with van der Waals surface area (Å²) < 4.78 is 46.4. The molecule has 0 spiro atoms. The van der Waals surface area contributed by atoms with E-state index in [9.17, 15) is 37.7 Å². The molecule has 13 heteroatoms. The Kier molecular flexibility index (Phi) is 7.13. The molecule has 0 radical (unpaired) electrons. The number of alkyl halides is 3. The number of esters is 1. The molecular formula is C18H14F3N3O7. The van der Waals surface area contributed by atoms with Gasteiger partial charge in [-0.05, 0) is 30.3 Å². The Labute approximate surface area is 172 Å². The highest BCUT2D eigenvalue weighted by atomic mass is 19.4. The smallest absolute Gasteiger partial charge is 0.471 e. The quantitative estimate of drug-likeness (QED) is 0.383. The van der Waals surface area contributed by atoms with Crippen LogP contribution in [0.25, 0.3) is 0 Å². The van der Waals surface area contributed by atoms with Crippen LogP contribution in [0.4, 0.5) is 30.2 Å². The molecule has 31 heavy (non-hydrogen) atoms. The van der Waals surface area contributed by atoms with E-state index in [1.165, 1.54) is 19.2 Å². The molecule has 10 nitrogen and oxygen atoms in total. The van der Waals surface area contributed by atoms with E-state index in [0.717, 1.165) is 30.3 Å². The van der Waals surface area contributed by atoms with Crippen molar-refractivity contribution >= 4 is 34.8 Å². The van der Waals surface area contributed by atoms with E-state index < -0.39 is 41.2 Å². The summed E-state index contributed by atoms with van der Waals surface area (Å²) in [6, 6.07) is 7.91. The first-order valence-electron chi connectivity index (χ1n) is 8.29. The molecule has 2 aromatic rings. The van der Waals surface area contributed by atoms with E-state index >= 15 is 0 Å². The van der Waals surface area contributed by atoms with Crippen LogP contribution in [-0.4, -0.2) is 42.6 Å². The van der Waals surface area contributed by atoms with Crippen LogP contribution in [0.1, 0.15) is 10.4 Å². The number of methoxy groups -OCH3 is 1. The molecule has 2 N–H and O–H groups in total. The number of anilines is 2. The minimum atomic E-state index is -5.07. The van der Waals surface area contributed by atoms with Gasteiger partial charge in [0.25, 0.3) is 11.6 Å². The summed E-state index contributed by atoms with van der Waals surface area (Å²) in [6.45, 7) is -0.792. The molecule has 164 valence electrons. The monoisotopic (exact) mass is 441 g/mol. The fourth-order valence-corrected chi connectivity index (χ4v) is 2.19. The van der Waals surface area contributed by atoms with Crippen LogP contribution in [-0.2, 0) is 14.3 Å². The average molecular weight is 441 g/mol. The van der Waals surface area contributed by atoms with Crippen molar-refractivity contribution in [2.45, 2.75) is 6.18 Å². The third-order valence-electron chi connectivity index (χ3n) is 3.64. The van der Waals surface area contributed by atoms with Gasteiger partial charge in [0.2, 0.25) is 0 Å². The number of carbonyl (C=O) groups is 3. The maximum atomic E-state index is 12.2. The van der Waals surface area contributed by atoms with E-state index in [1.807, 2.05) is 0 Å². The Morgan fingerprint density at radius 1 is 1.06 bits per heavy atom. The van der Waals surface area contributed by atoms with Crippen LogP contribution in [0.5, 0.6) is 5.75 Å². The van der Waals surface area contributed by atoms with Gasteiger partial charge in [-0.3, -0.25) is 19.7 Å². The maximum absolute atomic E-state index is 12.2. The largest absolute Gasteiger partial charge is 0.497 e. The Balaban J connectivity index is 1.96. The number of benzene rings is 2. The predicted molar refractivity (Wildman–Crippen MR) is 99.7 cm³/mol. The lowest BCUT2D eigenvalue weighted by molar-refractivity contribution is -0.383. The molecule has 0 bridgehead atoms. The number of nitro groups is 1. The summed E-state index contributed by atoms with van der Waals surface area (Å²) in [5, 5.41) is 14.9. The fourth-order valence-electron chi connectivity index (χ4n) is 2.19. The second-order valence-electron chi connectivity index (χ2n) is 5.79. The second kappa shape index (κ2) is 9.56. The lowest BCUT2D eigenvalue weighted by Gasteiger charge is -2.10. The minimum Gasteiger partial charge on any atom is -0.497 e. The Bertz CT molecular complexity index is 1010. The first-order valence-corrected chi connectivity index (χ1v) is 8.29. The fraction of sp³-hybridized carbons (Fsp3) is 0.167. The second-order valence-corrected chi connectivity index (χ2v) is 5.79. The van der Waals surface area contributed by atoms with Gasteiger partial charge in [-0.2, -0.15) is 13.2 Å². The number of nitro benzene ring substituents is 1. The van der Waals surface area contributed by atoms with E-state index in [0.29, 0.717) is 0 Å². The highest BCUT2D eigenvalue weighted by molar-refractivity contribution is 5.98. The van der Waals surface area contributed by atoms with Gasteiger partial charge in [-0.1, -0.05) is 0 Å². The van der Waals surface area contributed by atoms with Crippen LogP contribution >= 0.6 is 0 Å². The minimum absolute atomic E-state index is 0.106. The third-order valence-corrected chi connectivity index (χ3v) is 3.64. The molecule has 0 aliphatic heterocycles. The van der Waals surface area contributed by atoms with E-state index in [-0.39, 0.29) is 22.7 Å². The van der Waals surface area contributed by atoms with Crippen molar-refractivity contribution in [2.75, 3.05) is 24.4 Å². The summed E-state index contributed by atoms with van der Waals surface area (Å²) in [4.78, 5) is 45.1. The molecule has 0 atom stereocenters. The lowest BCUT2D eigenvalue weighted by Crippen LogP contribution is -2.29. The molecule has 0 aliphatic carbocycles. The number of amides is 2. The first kappa shape index (κ1) is 23.1. The molecule has 0 aliphatic rings. The molecule has 0 fully saturated rings. The zero-order chi connectivity index (χ0) is 23.2. The molecule has 2 rings (SSSR count). The van der Waals surface area contributed by atoms with Gasteiger partial charge in [-0.15, -0.1) is 0 Å². The van der Waals surface area contributed by atoms with Gasteiger partial charge in [0, 0.05) is 17.8 Å². The van der Waals surface area contributed by atoms with Crippen molar-refractivity contribution in [2.24, 2.45) is 0 Å². The number of nitrogens with one attached hydrogen (secondary N) is 2. The van der Waals surface area contributed by atoms with Gasteiger partial charge < -0.3 is 20.1 Å². The maximum Gasteiger partial charge on any atom is 0.471 e. The van der Waals surface area contributed by atoms with Gasteiger partial charge in [0.15, 0.2) is 6.61 Å². The van der Waals surface area contributed by atoms with Gasteiger partial charge >= 0.3 is 18.1 Å². The van der Waals surface area contributed by atoms with E-state index in [1.54, 1.807) is 5.32 Å². The summed E-state index contributed by atoms with van der Waals surface area (Å²) >= 11 is 0. The topological polar surface area (TPSA) is 137 Å². The molecule has 0 saturated carbocycles. The number of halogens is 3. The normalized spacial score (nSPS) is 10.7. The highest BCUT2D eigenvalue weighted by Crippen LogP contribution is 2.28. The number of ether oxygens (including phenoxy) is 2. The highest BCUT2D eigenvalue weighted by Gasteiger charge is 2.38. The summed E-state index contributed by atoms with van der Waals surface area (Å²) in [5.41, 5.74) is -0.890. The molecule has 2 amide bonds. The van der Waals surface area contributed by atoms with Gasteiger partial charge in [0.1, 0.15) is 11.4 Å². The van der Waals surface area contributed by atoms with Crippen molar-refractivity contribution in [3.05, 3.63) is 58.1 Å². The Morgan fingerprint density at radius 2 is 1.71 bits per heavy atom. The van der Waals surface area contributed by atoms with Crippen molar-refractivity contribution in [1.82, 2.24) is 0 Å². The molecule has 0 unspecified atom stereocenters. The average Bonchev–Trinajstić information content (AvgIpc) is 2.71. The van der Waals surface area contributed by atoms with E-state index in [4.69, 9.17) is 9.47 Å². The number of rotatable bonds is 7. The van der Waals surface area contributed by atoms with Crippen molar-refractivity contribution in [3.63, 3.8) is 0 Å². The van der Waals surface area contributed by atoms with Crippen LogP contribution < -0.4 is 15.4 Å². The van der Waals surface area contributed by atoms with E-state index in [2.05, 4.69) is 5.32 Å². The van der Waals surface area contributed by atoms with Crippen molar-refractivity contribution in [3.8, 4) is 5.75 Å². The van der Waals surface area contributed by atoms with Gasteiger partial charge in [-0.25, -0.2) is 4.79 Å². The number of hydrogen-bond acceptors (Lipinski definition) is 7.